The van der Waals surface area contributed by atoms with E-state index in [1.165, 1.54) is 161 Å². The highest BCUT2D eigenvalue weighted by molar-refractivity contribution is 5.71. The molecule has 1 unspecified atom stereocenters. The average Bonchev–Trinajstić information content (AvgIpc) is 3.30. The maximum absolute atomic E-state index is 12.8. The van der Waals surface area contributed by atoms with Crippen LogP contribution in [0.4, 0.5) is 0 Å². The van der Waals surface area contributed by atoms with Crippen molar-refractivity contribution in [2.75, 3.05) is 13.2 Å². The number of rotatable bonds is 51. The number of esters is 3. The summed E-state index contributed by atoms with van der Waals surface area (Å²) < 4.78 is 16.8. The van der Waals surface area contributed by atoms with Crippen LogP contribution in [0.5, 0.6) is 0 Å². The minimum Gasteiger partial charge on any atom is -0.462 e. The first kappa shape index (κ1) is 62.4. The van der Waals surface area contributed by atoms with Crippen LogP contribution in [0.1, 0.15) is 290 Å². The molecule has 6 heteroatoms. The zero-order valence-corrected chi connectivity index (χ0v) is 43.3. The van der Waals surface area contributed by atoms with Gasteiger partial charge in [0.1, 0.15) is 13.2 Å². The van der Waals surface area contributed by atoms with Crippen LogP contribution in [-0.2, 0) is 28.6 Å². The molecule has 378 valence electrons. The first-order chi connectivity index (χ1) is 32.0. The van der Waals surface area contributed by atoms with Crippen LogP contribution >= 0.6 is 0 Å². The van der Waals surface area contributed by atoms with Gasteiger partial charge in [-0.25, -0.2) is 0 Å². The molecule has 0 bridgehead atoms. The van der Waals surface area contributed by atoms with Gasteiger partial charge in [-0.2, -0.15) is 0 Å². The second-order valence-electron chi connectivity index (χ2n) is 18.8. The highest BCUT2D eigenvalue weighted by Crippen LogP contribution is 2.16. The molecule has 0 aliphatic heterocycles. The Morgan fingerprint density at radius 1 is 0.308 bits per heavy atom. The molecule has 0 radical (unpaired) electrons. The summed E-state index contributed by atoms with van der Waals surface area (Å²) in [4.78, 5) is 38.1. The molecule has 6 nitrogen and oxygen atoms in total. The fourth-order valence-corrected chi connectivity index (χ4v) is 8.02. The average molecular weight is 911 g/mol. The Morgan fingerprint density at radius 2 is 0.569 bits per heavy atom. The third-order valence-electron chi connectivity index (χ3n) is 12.3. The summed E-state index contributed by atoms with van der Waals surface area (Å²) in [7, 11) is 0. The van der Waals surface area contributed by atoms with Crippen molar-refractivity contribution in [3.8, 4) is 0 Å². The second kappa shape index (κ2) is 54.0. The van der Waals surface area contributed by atoms with E-state index in [9.17, 15) is 14.4 Å². The van der Waals surface area contributed by atoms with Crippen LogP contribution in [0.25, 0.3) is 0 Å². The van der Waals surface area contributed by atoms with Gasteiger partial charge in [-0.15, -0.1) is 0 Å². The first-order valence-corrected chi connectivity index (χ1v) is 28.1. The summed E-state index contributed by atoms with van der Waals surface area (Å²) in [5, 5.41) is 0. The van der Waals surface area contributed by atoms with Crippen molar-refractivity contribution in [1.82, 2.24) is 0 Å². The fraction of sp³-hybridized carbons (Fsp3) is 0.814. The fourth-order valence-electron chi connectivity index (χ4n) is 8.02. The van der Waals surface area contributed by atoms with Crippen molar-refractivity contribution in [2.45, 2.75) is 297 Å². The zero-order valence-electron chi connectivity index (χ0n) is 43.3. The Bertz CT molecular complexity index is 1140. The lowest BCUT2D eigenvalue weighted by molar-refractivity contribution is -0.167. The van der Waals surface area contributed by atoms with Gasteiger partial charge >= 0.3 is 17.9 Å². The SMILES string of the molecule is CCCC/C=C\C/C=C\CCCCCCCC(=O)OC(COC(=O)CCCCCCCCCCC/C=C\C/C=C\CCCCC)COC(=O)CCCCCCCCCCCCCCCC. The monoisotopic (exact) mass is 911 g/mol. The minimum atomic E-state index is -0.779. The Hall–Kier alpha value is -2.63. The van der Waals surface area contributed by atoms with Crippen LogP contribution < -0.4 is 0 Å². The molecular formula is C59H106O6. The number of allylic oxidation sites excluding steroid dienone is 8. The summed E-state index contributed by atoms with van der Waals surface area (Å²) in [6.07, 6.45) is 65.2. The molecule has 0 aromatic heterocycles. The van der Waals surface area contributed by atoms with Gasteiger partial charge in [0.2, 0.25) is 0 Å². The summed E-state index contributed by atoms with van der Waals surface area (Å²) in [5.41, 5.74) is 0. The molecule has 0 saturated heterocycles. The van der Waals surface area contributed by atoms with Crippen molar-refractivity contribution in [3.63, 3.8) is 0 Å². The third-order valence-corrected chi connectivity index (χ3v) is 12.3. The molecule has 0 spiro atoms. The summed E-state index contributed by atoms with van der Waals surface area (Å²) in [6, 6.07) is 0. The maximum Gasteiger partial charge on any atom is 0.306 e. The molecule has 0 saturated carbocycles. The molecule has 65 heavy (non-hydrogen) atoms. The molecule has 0 fully saturated rings. The maximum atomic E-state index is 12.8. The Balaban J connectivity index is 4.35. The lowest BCUT2D eigenvalue weighted by atomic mass is 10.0. The Morgan fingerprint density at radius 3 is 0.923 bits per heavy atom. The predicted octanol–water partition coefficient (Wildman–Crippen LogP) is 18.7. The predicted molar refractivity (Wildman–Crippen MR) is 279 cm³/mol. The van der Waals surface area contributed by atoms with Crippen LogP contribution in [0, 0.1) is 0 Å². The van der Waals surface area contributed by atoms with E-state index in [0.29, 0.717) is 19.3 Å². The molecule has 0 aliphatic carbocycles. The first-order valence-electron chi connectivity index (χ1n) is 28.1. The minimum absolute atomic E-state index is 0.0773. The number of hydrogen-bond donors (Lipinski definition) is 0. The van der Waals surface area contributed by atoms with E-state index in [-0.39, 0.29) is 31.1 Å². The summed E-state index contributed by atoms with van der Waals surface area (Å²) in [6.45, 7) is 6.59. The van der Waals surface area contributed by atoms with Crippen LogP contribution in [-0.4, -0.2) is 37.2 Å². The number of carbonyl (C=O) groups excluding carboxylic acids is 3. The van der Waals surface area contributed by atoms with Gasteiger partial charge in [0.05, 0.1) is 0 Å². The molecule has 0 aromatic rings. The second-order valence-corrected chi connectivity index (χ2v) is 18.8. The standard InChI is InChI=1S/C59H106O6/c1-4-7-10-13-16-19-22-25-28-29-30-31-32-35-37-40-43-46-49-52-58(61)64-55-56(65-59(62)53-50-47-44-41-38-34-27-24-21-18-15-12-9-6-3)54-63-57(60)51-48-45-42-39-36-33-26-23-20-17-14-11-8-5-2/h15-16,18-19,24-25,27-28,56H,4-14,17,20-23,26,29-55H2,1-3H3/b18-15-,19-16-,27-24-,28-25-. The molecule has 0 aliphatic rings. The molecule has 0 rings (SSSR count). The number of hydrogen-bond acceptors (Lipinski definition) is 6. The summed E-state index contributed by atoms with van der Waals surface area (Å²) >= 11 is 0. The van der Waals surface area contributed by atoms with Crippen molar-refractivity contribution < 1.29 is 28.6 Å². The molecule has 0 heterocycles. The number of carbonyl (C=O) groups is 3. The van der Waals surface area contributed by atoms with Gasteiger partial charge in [0, 0.05) is 19.3 Å². The molecule has 0 N–H and O–H groups in total. The van der Waals surface area contributed by atoms with E-state index >= 15 is 0 Å². The van der Waals surface area contributed by atoms with Crippen LogP contribution in [0.2, 0.25) is 0 Å². The van der Waals surface area contributed by atoms with Gasteiger partial charge in [0.25, 0.3) is 0 Å². The molecular weight excluding hydrogens is 805 g/mol. The van der Waals surface area contributed by atoms with E-state index in [0.717, 1.165) is 89.9 Å². The third kappa shape index (κ3) is 52.2. The Labute approximate surface area is 403 Å². The highest BCUT2D eigenvalue weighted by atomic mass is 16.6. The van der Waals surface area contributed by atoms with Gasteiger partial charge in [-0.1, -0.05) is 243 Å². The normalized spacial score (nSPS) is 12.4. The van der Waals surface area contributed by atoms with Gasteiger partial charge in [0.15, 0.2) is 6.10 Å². The number of unbranched alkanes of at least 4 members (excludes halogenated alkanes) is 32. The molecule has 0 amide bonds. The lowest BCUT2D eigenvalue weighted by Gasteiger charge is -2.18. The van der Waals surface area contributed by atoms with Gasteiger partial charge in [-0.05, 0) is 77.0 Å². The smallest absolute Gasteiger partial charge is 0.306 e. The van der Waals surface area contributed by atoms with E-state index in [1.807, 2.05) is 0 Å². The summed E-state index contributed by atoms with van der Waals surface area (Å²) in [5.74, 6) is -0.883. The van der Waals surface area contributed by atoms with Crippen molar-refractivity contribution >= 4 is 17.9 Å². The van der Waals surface area contributed by atoms with Crippen LogP contribution in [0.15, 0.2) is 48.6 Å². The zero-order chi connectivity index (χ0) is 47.2. The van der Waals surface area contributed by atoms with E-state index in [2.05, 4.69) is 69.4 Å². The van der Waals surface area contributed by atoms with Crippen molar-refractivity contribution in [3.05, 3.63) is 48.6 Å². The quantitative estimate of drug-likeness (QED) is 0.0262. The lowest BCUT2D eigenvalue weighted by Crippen LogP contribution is -2.30. The van der Waals surface area contributed by atoms with E-state index in [1.54, 1.807) is 0 Å². The van der Waals surface area contributed by atoms with Gasteiger partial charge in [-0.3, -0.25) is 14.4 Å². The molecule has 0 aromatic carbocycles. The molecule has 1 atom stereocenters. The van der Waals surface area contributed by atoms with Crippen molar-refractivity contribution in [2.24, 2.45) is 0 Å². The topological polar surface area (TPSA) is 78.9 Å². The van der Waals surface area contributed by atoms with Crippen molar-refractivity contribution in [1.29, 1.82) is 0 Å². The number of ether oxygens (including phenoxy) is 3. The van der Waals surface area contributed by atoms with Gasteiger partial charge < -0.3 is 14.2 Å². The van der Waals surface area contributed by atoms with Crippen LogP contribution in [0.3, 0.4) is 0 Å². The largest absolute Gasteiger partial charge is 0.462 e. The Kier molecular flexibility index (Phi) is 51.8. The van der Waals surface area contributed by atoms with E-state index < -0.39 is 6.10 Å². The van der Waals surface area contributed by atoms with E-state index in [4.69, 9.17) is 14.2 Å². The highest BCUT2D eigenvalue weighted by Gasteiger charge is 2.19.